The van der Waals surface area contributed by atoms with E-state index in [1.54, 1.807) is 6.07 Å². The molecule has 0 bridgehead atoms. The summed E-state index contributed by atoms with van der Waals surface area (Å²) in [4.78, 5) is 3.60. The molecule has 0 aromatic heterocycles. The molecule has 0 saturated carbocycles. The molecule has 0 radical (unpaired) electrons. The van der Waals surface area contributed by atoms with Crippen molar-refractivity contribution in [1.82, 2.24) is 0 Å². The van der Waals surface area contributed by atoms with Crippen molar-refractivity contribution in [2.75, 3.05) is 0 Å². The Labute approximate surface area is 101 Å². The van der Waals surface area contributed by atoms with Crippen molar-refractivity contribution in [3.05, 3.63) is 27.7 Å². The number of alkyl halides is 3. The number of nitrogens with zero attached hydrogens (tertiary/aromatic N) is 1. The van der Waals surface area contributed by atoms with Crippen molar-refractivity contribution >= 4 is 27.3 Å². The van der Waals surface area contributed by atoms with Crippen molar-refractivity contribution in [1.29, 1.82) is 0 Å². The number of halogens is 4. The minimum absolute atomic E-state index is 0.312. The molecule has 0 spiro atoms. The summed E-state index contributed by atoms with van der Waals surface area (Å²) < 4.78 is 37.6. The van der Waals surface area contributed by atoms with Crippen LogP contribution in [0.2, 0.25) is 0 Å². The van der Waals surface area contributed by atoms with E-state index in [9.17, 15) is 13.2 Å². The highest BCUT2D eigenvalue weighted by molar-refractivity contribution is 9.10. The van der Waals surface area contributed by atoms with Crippen LogP contribution in [0, 0.1) is 13.8 Å². The first-order chi connectivity index (χ1) is 7.21. The number of aliphatic imine (C=N–C) groups is 1. The normalized spacial score (nSPS) is 13.1. The molecular weight excluding hydrogens is 283 g/mol. The van der Waals surface area contributed by atoms with Gasteiger partial charge in [0.15, 0.2) is 0 Å². The predicted octanol–water partition coefficient (Wildman–Crippen LogP) is 4.72. The van der Waals surface area contributed by atoms with Crippen molar-refractivity contribution in [2.24, 2.45) is 4.99 Å². The standard InChI is InChI=1S/C11H11BrF3N/c1-6-4-7(2)10(12)9(5-6)16-8(3)11(13,14)15/h4-5H,1-3H3. The van der Waals surface area contributed by atoms with Gasteiger partial charge in [0, 0.05) is 4.47 Å². The second kappa shape index (κ2) is 4.57. The average Bonchev–Trinajstić information content (AvgIpc) is 2.11. The highest BCUT2D eigenvalue weighted by atomic mass is 79.9. The zero-order valence-corrected chi connectivity index (χ0v) is 10.7. The monoisotopic (exact) mass is 293 g/mol. The first-order valence-electron chi connectivity index (χ1n) is 4.61. The van der Waals surface area contributed by atoms with E-state index in [4.69, 9.17) is 0 Å². The van der Waals surface area contributed by atoms with Crippen LogP contribution < -0.4 is 0 Å². The second-order valence-electron chi connectivity index (χ2n) is 3.61. The topological polar surface area (TPSA) is 12.4 Å². The summed E-state index contributed by atoms with van der Waals surface area (Å²) in [5.41, 5.74) is 1.22. The van der Waals surface area contributed by atoms with Gasteiger partial charge >= 0.3 is 6.18 Å². The van der Waals surface area contributed by atoms with Crippen molar-refractivity contribution in [3.8, 4) is 0 Å². The molecule has 0 aliphatic rings. The Kier molecular flexibility index (Phi) is 3.78. The number of hydrogen-bond donors (Lipinski definition) is 0. The fraction of sp³-hybridized carbons (Fsp3) is 0.364. The maximum Gasteiger partial charge on any atom is 0.429 e. The van der Waals surface area contributed by atoms with E-state index < -0.39 is 11.9 Å². The van der Waals surface area contributed by atoms with Gasteiger partial charge in [-0.1, -0.05) is 6.07 Å². The van der Waals surface area contributed by atoms with E-state index in [2.05, 4.69) is 20.9 Å². The molecule has 0 saturated heterocycles. The summed E-state index contributed by atoms with van der Waals surface area (Å²) in [6.45, 7) is 4.60. The summed E-state index contributed by atoms with van der Waals surface area (Å²) >= 11 is 3.24. The Morgan fingerprint density at radius 3 is 2.31 bits per heavy atom. The molecule has 1 nitrogen and oxygen atoms in total. The molecular formula is C11H11BrF3N. The molecule has 0 amide bonds. The quantitative estimate of drug-likeness (QED) is 0.664. The van der Waals surface area contributed by atoms with Crippen molar-refractivity contribution in [2.45, 2.75) is 26.9 Å². The van der Waals surface area contributed by atoms with E-state index in [-0.39, 0.29) is 0 Å². The number of rotatable bonds is 1. The van der Waals surface area contributed by atoms with Gasteiger partial charge in [0.05, 0.1) is 5.69 Å². The summed E-state index contributed by atoms with van der Waals surface area (Å²) in [7, 11) is 0. The van der Waals surface area contributed by atoms with Crippen LogP contribution >= 0.6 is 15.9 Å². The lowest BCUT2D eigenvalue weighted by Crippen LogP contribution is -2.18. The Bertz CT molecular complexity index is 436. The fourth-order valence-corrected chi connectivity index (χ4v) is 1.57. The molecule has 0 atom stereocenters. The number of aryl methyl sites for hydroxylation is 2. The molecule has 1 aromatic rings. The summed E-state index contributed by atoms with van der Waals surface area (Å²) in [5, 5.41) is 0. The minimum atomic E-state index is -4.38. The zero-order chi connectivity index (χ0) is 12.5. The third-order valence-corrected chi connectivity index (χ3v) is 3.11. The molecule has 5 heteroatoms. The molecule has 16 heavy (non-hydrogen) atoms. The van der Waals surface area contributed by atoms with Gasteiger partial charge in [0.25, 0.3) is 0 Å². The van der Waals surface area contributed by atoms with Crippen LogP contribution in [0.4, 0.5) is 18.9 Å². The van der Waals surface area contributed by atoms with Crippen LogP contribution in [0.25, 0.3) is 0 Å². The van der Waals surface area contributed by atoms with Crippen LogP contribution in [0.15, 0.2) is 21.6 Å². The Morgan fingerprint density at radius 1 is 1.25 bits per heavy atom. The summed E-state index contributed by atoms with van der Waals surface area (Å²) in [5.74, 6) is 0. The van der Waals surface area contributed by atoms with Gasteiger partial charge in [-0.15, -0.1) is 0 Å². The van der Waals surface area contributed by atoms with Gasteiger partial charge < -0.3 is 0 Å². The summed E-state index contributed by atoms with van der Waals surface area (Å²) in [6, 6.07) is 3.50. The van der Waals surface area contributed by atoms with E-state index >= 15 is 0 Å². The molecule has 0 heterocycles. The maximum atomic E-state index is 12.3. The molecule has 88 valence electrons. The summed E-state index contributed by atoms with van der Waals surface area (Å²) in [6.07, 6.45) is -4.38. The van der Waals surface area contributed by atoms with Crippen LogP contribution in [-0.2, 0) is 0 Å². The SMILES string of the molecule is CC(=Nc1cc(C)cc(C)c1Br)C(F)(F)F. The van der Waals surface area contributed by atoms with E-state index in [0.717, 1.165) is 18.1 Å². The van der Waals surface area contributed by atoms with Gasteiger partial charge in [0.1, 0.15) is 5.71 Å². The fourth-order valence-electron chi connectivity index (χ4n) is 1.25. The molecule has 0 unspecified atom stereocenters. The molecule has 0 aliphatic carbocycles. The smallest absolute Gasteiger partial charge is 0.247 e. The van der Waals surface area contributed by atoms with Crippen molar-refractivity contribution < 1.29 is 13.2 Å². The van der Waals surface area contributed by atoms with E-state index in [1.165, 1.54) is 0 Å². The van der Waals surface area contributed by atoms with Crippen LogP contribution in [-0.4, -0.2) is 11.9 Å². The van der Waals surface area contributed by atoms with E-state index in [0.29, 0.717) is 10.2 Å². The zero-order valence-electron chi connectivity index (χ0n) is 9.11. The highest BCUT2D eigenvalue weighted by Gasteiger charge is 2.32. The van der Waals surface area contributed by atoms with Crippen molar-refractivity contribution in [3.63, 3.8) is 0 Å². The lowest BCUT2D eigenvalue weighted by atomic mass is 10.1. The minimum Gasteiger partial charge on any atom is -0.247 e. The Morgan fingerprint density at radius 2 is 1.81 bits per heavy atom. The van der Waals surface area contributed by atoms with Gasteiger partial charge in [-0.3, -0.25) is 0 Å². The predicted molar refractivity (Wildman–Crippen MR) is 62.4 cm³/mol. The molecule has 1 rings (SSSR count). The van der Waals surface area contributed by atoms with Gasteiger partial charge in [-0.25, -0.2) is 4.99 Å². The lowest BCUT2D eigenvalue weighted by Gasteiger charge is -2.08. The second-order valence-corrected chi connectivity index (χ2v) is 4.40. The van der Waals surface area contributed by atoms with Gasteiger partial charge in [-0.2, -0.15) is 13.2 Å². The largest absolute Gasteiger partial charge is 0.429 e. The average molecular weight is 294 g/mol. The number of benzene rings is 1. The Hall–Kier alpha value is -0.840. The number of hydrogen-bond acceptors (Lipinski definition) is 1. The van der Waals surface area contributed by atoms with Gasteiger partial charge in [-0.05, 0) is 53.9 Å². The maximum absolute atomic E-state index is 12.3. The lowest BCUT2D eigenvalue weighted by molar-refractivity contribution is -0.0591. The molecule has 1 aromatic carbocycles. The van der Waals surface area contributed by atoms with E-state index in [1.807, 2.05) is 19.9 Å². The van der Waals surface area contributed by atoms with Crippen LogP contribution in [0.3, 0.4) is 0 Å². The highest BCUT2D eigenvalue weighted by Crippen LogP contribution is 2.31. The third-order valence-electron chi connectivity index (χ3n) is 2.08. The first-order valence-corrected chi connectivity index (χ1v) is 5.40. The molecule has 0 fully saturated rings. The Balaban J connectivity index is 3.25. The molecule has 0 aliphatic heterocycles. The third kappa shape index (κ3) is 3.07. The first kappa shape index (κ1) is 13.2. The van der Waals surface area contributed by atoms with Crippen LogP contribution in [0.1, 0.15) is 18.1 Å². The molecule has 0 N–H and O–H groups in total. The van der Waals surface area contributed by atoms with Gasteiger partial charge in [0.2, 0.25) is 0 Å². The van der Waals surface area contributed by atoms with Crippen LogP contribution in [0.5, 0.6) is 0 Å².